The van der Waals surface area contributed by atoms with Crippen LogP contribution in [0, 0.1) is 5.82 Å². The summed E-state index contributed by atoms with van der Waals surface area (Å²) in [5.74, 6) is -0.931. The predicted octanol–water partition coefficient (Wildman–Crippen LogP) is 2.24. The quantitative estimate of drug-likeness (QED) is 0.681. The van der Waals surface area contributed by atoms with E-state index >= 15 is 0 Å². The average Bonchev–Trinajstić information content (AvgIpc) is 2.75. The SMILES string of the molecule is Cn1cc(SCC(=O)c2cc(F)ccc2O)cn1. The lowest BCUT2D eigenvalue weighted by atomic mass is 10.1. The summed E-state index contributed by atoms with van der Waals surface area (Å²) < 4.78 is 14.6. The molecule has 94 valence electrons. The minimum absolute atomic E-state index is 0.00592. The average molecular weight is 266 g/mol. The zero-order valence-corrected chi connectivity index (χ0v) is 10.4. The van der Waals surface area contributed by atoms with E-state index in [-0.39, 0.29) is 22.8 Å². The first kappa shape index (κ1) is 12.6. The lowest BCUT2D eigenvalue weighted by Crippen LogP contribution is -2.03. The summed E-state index contributed by atoms with van der Waals surface area (Å²) in [5.41, 5.74) is 0.00592. The molecule has 1 aromatic carbocycles. The summed E-state index contributed by atoms with van der Waals surface area (Å²) in [6.07, 6.45) is 3.42. The van der Waals surface area contributed by atoms with Gasteiger partial charge in [-0.25, -0.2) is 4.39 Å². The van der Waals surface area contributed by atoms with Crippen molar-refractivity contribution in [1.82, 2.24) is 9.78 Å². The van der Waals surface area contributed by atoms with Gasteiger partial charge in [-0.05, 0) is 18.2 Å². The number of carbonyl (C=O) groups is 1. The van der Waals surface area contributed by atoms with Crippen LogP contribution < -0.4 is 0 Å². The molecule has 1 heterocycles. The molecule has 0 radical (unpaired) electrons. The number of benzene rings is 1. The summed E-state index contributed by atoms with van der Waals surface area (Å²) in [7, 11) is 1.78. The fourth-order valence-corrected chi connectivity index (χ4v) is 2.23. The van der Waals surface area contributed by atoms with Gasteiger partial charge in [0.15, 0.2) is 5.78 Å². The molecule has 0 bridgehead atoms. The van der Waals surface area contributed by atoms with E-state index in [0.29, 0.717) is 0 Å². The number of Topliss-reactive ketones (excluding diaryl/α,β-unsaturated/α-hetero) is 1. The van der Waals surface area contributed by atoms with Crippen molar-refractivity contribution < 1.29 is 14.3 Å². The van der Waals surface area contributed by atoms with Crippen molar-refractivity contribution in [3.8, 4) is 5.75 Å². The molecule has 0 spiro atoms. The zero-order valence-electron chi connectivity index (χ0n) is 9.63. The molecule has 2 rings (SSSR count). The van der Waals surface area contributed by atoms with Crippen molar-refractivity contribution >= 4 is 17.5 Å². The third kappa shape index (κ3) is 2.89. The van der Waals surface area contributed by atoms with Gasteiger partial charge in [-0.1, -0.05) is 0 Å². The van der Waals surface area contributed by atoms with Gasteiger partial charge in [-0.3, -0.25) is 9.48 Å². The van der Waals surface area contributed by atoms with Crippen LogP contribution in [0.4, 0.5) is 4.39 Å². The normalized spacial score (nSPS) is 10.6. The Morgan fingerprint density at radius 3 is 3.00 bits per heavy atom. The molecule has 0 saturated heterocycles. The van der Waals surface area contributed by atoms with Crippen LogP contribution in [0.1, 0.15) is 10.4 Å². The highest BCUT2D eigenvalue weighted by Crippen LogP contribution is 2.23. The molecule has 4 nitrogen and oxygen atoms in total. The number of aromatic nitrogens is 2. The number of aryl methyl sites for hydroxylation is 1. The van der Waals surface area contributed by atoms with Crippen LogP contribution in [0.3, 0.4) is 0 Å². The minimum Gasteiger partial charge on any atom is -0.507 e. The number of carbonyl (C=O) groups excluding carboxylic acids is 1. The van der Waals surface area contributed by atoms with Crippen LogP contribution >= 0.6 is 11.8 Å². The van der Waals surface area contributed by atoms with Crippen LogP contribution in [-0.4, -0.2) is 26.4 Å². The van der Waals surface area contributed by atoms with Crippen molar-refractivity contribution in [3.63, 3.8) is 0 Å². The summed E-state index contributed by atoms with van der Waals surface area (Å²) in [5, 5.41) is 13.5. The Morgan fingerprint density at radius 2 is 2.33 bits per heavy atom. The van der Waals surface area contributed by atoms with E-state index in [1.165, 1.54) is 17.8 Å². The molecule has 0 aliphatic carbocycles. The van der Waals surface area contributed by atoms with Crippen molar-refractivity contribution in [2.24, 2.45) is 7.05 Å². The van der Waals surface area contributed by atoms with E-state index in [1.807, 2.05) is 0 Å². The molecule has 0 saturated carbocycles. The number of hydrogen-bond donors (Lipinski definition) is 1. The Kier molecular flexibility index (Phi) is 3.66. The van der Waals surface area contributed by atoms with Gasteiger partial charge in [-0.2, -0.15) is 5.10 Å². The number of halogens is 1. The van der Waals surface area contributed by atoms with Gasteiger partial charge in [-0.15, -0.1) is 11.8 Å². The standard InChI is InChI=1S/C12H11FN2O2S/c1-15-6-9(5-14-15)18-7-12(17)10-4-8(13)2-3-11(10)16/h2-6,16H,7H2,1H3. The lowest BCUT2D eigenvalue weighted by Gasteiger charge is -2.03. The molecular formula is C12H11FN2O2S. The topological polar surface area (TPSA) is 55.1 Å². The van der Waals surface area contributed by atoms with Gasteiger partial charge in [0, 0.05) is 18.1 Å². The monoisotopic (exact) mass is 266 g/mol. The molecule has 0 aliphatic heterocycles. The Bertz CT molecular complexity index is 583. The molecule has 18 heavy (non-hydrogen) atoms. The second-order valence-electron chi connectivity index (χ2n) is 3.72. The van der Waals surface area contributed by atoms with Crippen molar-refractivity contribution in [2.75, 3.05) is 5.75 Å². The number of phenols is 1. The van der Waals surface area contributed by atoms with Gasteiger partial charge >= 0.3 is 0 Å². The van der Waals surface area contributed by atoms with E-state index in [1.54, 1.807) is 24.1 Å². The number of aromatic hydroxyl groups is 1. The first-order valence-corrected chi connectivity index (χ1v) is 6.18. The number of hydrogen-bond acceptors (Lipinski definition) is 4. The lowest BCUT2D eigenvalue weighted by molar-refractivity contribution is 0.101. The van der Waals surface area contributed by atoms with E-state index in [9.17, 15) is 14.3 Å². The highest BCUT2D eigenvalue weighted by atomic mass is 32.2. The van der Waals surface area contributed by atoms with Crippen LogP contribution in [0.5, 0.6) is 5.75 Å². The van der Waals surface area contributed by atoms with Crippen LogP contribution in [0.2, 0.25) is 0 Å². The molecule has 1 N–H and O–H groups in total. The third-order valence-corrected chi connectivity index (χ3v) is 3.26. The highest BCUT2D eigenvalue weighted by molar-refractivity contribution is 8.00. The minimum atomic E-state index is -0.539. The van der Waals surface area contributed by atoms with Crippen LogP contribution in [0.15, 0.2) is 35.5 Å². The Balaban J connectivity index is 2.05. The number of nitrogens with zero attached hydrogens (tertiary/aromatic N) is 2. The third-order valence-electron chi connectivity index (χ3n) is 2.31. The smallest absolute Gasteiger partial charge is 0.176 e. The molecule has 0 aliphatic rings. The Hall–Kier alpha value is -1.82. The first-order valence-electron chi connectivity index (χ1n) is 5.19. The molecule has 0 amide bonds. The highest BCUT2D eigenvalue weighted by Gasteiger charge is 2.13. The van der Waals surface area contributed by atoms with Gasteiger partial charge < -0.3 is 5.11 Å². The molecule has 0 atom stereocenters. The Labute approximate surface area is 107 Å². The fraction of sp³-hybridized carbons (Fsp3) is 0.167. The van der Waals surface area contributed by atoms with Crippen molar-refractivity contribution in [3.05, 3.63) is 42.0 Å². The van der Waals surface area contributed by atoms with Crippen LogP contribution in [-0.2, 0) is 7.05 Å². The van der Waals surface area contributed by atoms with Gasteiger partial charge in [0.05, 0.1) is 17.5 Å². The summed E-state index contributed by atoms with van der Waals surface area (Å²) in [4.78, 5) is 12.7. The number of phenolic OH excluding ortho intramolecular Hbond substituents is 1. The number of ketones is 1. The maximum Gasteiger partial charge on any atom is 0.176 e. The van der Waals surface area contributed by atoms with Crippen molar-refractivity contribution in [2.45, 2.75) is 4.90 Å². The van der Waals surface area contributed by atoms with Gasteiger partial charge in [0.2, 0.25) is 0 Å². The van der Waals surface area contributed by atoms with E-state index in [4.69, 9.17) is 0 Å². The van der Waals surface area contributed by atoms with E-state index in [2.05, 4.69) is 5.10 Å². The summed E-state index contributed by atoms with van der Waals surface area (Å²) >= 11 is 1.29. The van der Waals surface area contributed by atoms with Gasteiger partial charge in [0.25, 0.3) is 0 Å². The van der Waals surface area contributed by atoms with Crippen molar-refractivity contribution in [1.29, 1.82) is 0 Å². The molecule has 0 fully saturated rings. The molecule has 2 aromatic rings. The molecule has 0 unspecified atom stereocenters. The van der Waals surface area contributed by atoms with E-state index in [0.717, 1.165) is 17.0 Å². The number of thioether (sulfide) groups is 1. The largest absolute Gasteiger partial charge is 0.507 e. The van der Waals surface area contributed by atoms with Crippen LogP contribution in [0.25, 0.3) is 0 Å². The van der Waals surface area contributed by atoms with E-state index < -0.39 is 5.82 Å². The predicted molar refractivity (Wildman–Crippen MR) is 66.3 cm³/mol. The first-order chi connectivity index (χ1) is 8.56. The maximum absolute atomic E-state index is 13.0. The second kappa shape index (κ2) is 5.22. The molecule has 6 heteroatoms. The summed E-state index contributed by atoms with van der Waals surface area (Å²) in [6, 6.07) is 3.33. The number of rotatable bonds is 4. The zero-order chi connectivity index (χ0) is 13.1. The second-order valence-corrected chi connectivity index (χ2v) is 4.77. The molecule has 1 aromatic heterocycles. The van der Waals surface area contributed by atoms with Gasteiger partial charge in [0.1, 0.15) is 11.6 Å². The maximum atomic E-state index is 13.0. The molecular weight excluding hydrogens is 255 g/mol. The fourth-order valence-electron chi connectivity index (χ4n) is 1.43. The summed E-state index contributed by atoms with van der Waals surface area (Å²) in [6.45, 7) is 0. The Morgan fingerprint density at radius 1 is 1.56 bits per heavy atom.